The van der Waals surface area contributed by atoms with Gasteiger partial charge in [0.25, 0.3) is 0 Å². The Balaban J connectivity index is 2.37. The van der Waals surface area contributed by atoms with Crippen molar-refractivity contribution < 1.29 is 4.74 Å². The van der Waals surface area contributed by atoms with Crippen LogP contribution in [0.15, 0.2) is 12.4 Å². The van der Waals surface area contributed by atoms with E-state index in [4.69, 9.17) is 4.74 Å². The highest BCUT2D eigenvalue weighted by Crippen LogP contribution is 2.14. The lowest BCUT2D eigenvalue weighted by Crippen LogP contribution is -2.07. The lowest BCUT2D eigenvalue weighted by molar-refractivity contribution is 0.251. The van der Waals surface area contributed by atoms with Gasteiger partial charge >= 0.3 is 0 Å². The molecular formula is C12H22N2O. The van der Waals surface area contributed by atoms with Gasteiger partial charge in [-0.1, -0.05) is 20.3 Å². The molecule has 0 bridgehead atoms. The maximum absolute atomic E-state index is 5.67. The number of hydrogen-bond acceptors (Lipinski definition) is 2. The van der Waals surface area contributed by atoms with Gasteiger partial charge in [-0.2, -0.15) is 5.10 Å². The SMILES string of the molecule is CCCC(C)COc1cnn(C(C)C)c1. The van der Waals surface area contributed by atoms with Crippen LogP contribution in [0.1, 0.15) is 46.6 Å². The Bertz CT molecular complexity index is 281. The second-order valence-corrected chi connectivity index (χ2v) is 4.45. The first-order valence-electron chi connectivity index (χ1n) is 5.80. The molecule has 1 aromatic rings. The third kappa shape index (κ3) is 3.94. The van der Waals surface area contributed by atoms with Gasteiger partial charge in [0.05, 0.1) is 19.0 Å². The summed E-state index contributed by atoms with van der Waals surface area (Å²) in [5.74, 6) is 1.50. The summed E-state index contributed by atoms with van der Waals surface area (Å²) in [7, 11) is 0. The Morgan fingerprint density at radius 2 is 2.13 bits per heavy atom. The smallest absolute Gasteiger partial charge is 0.157 e. The van der Waals surface area contributed by atoms with Gasteiger partial charge in [0.2, 0.25) is 0 Å². The molecule has 86 valence electrons. The molecule has 1 rings (SSSR count). The van der Waals surface area contributed by atoms with E-state index in [1.54, 1.807) is 6.20 Å². The topological polar surface area (TPSA) is 27.1 Å². The molecule has 1 heterocycles. The van der Waals surface area contributed by atoms with Gasteiger partial charge < -0.3 is 4.74 Å². The first-order valence-corrected chi connectivity index (χ1v) is 5.80. The molecule has 0 aliphatic rings. The molecule has 0 aliphatic heterocycles. The highest BCUT2D eigenvalue weighted by atomic mass is 16.5. The van der Waals surface area contributed by atoms with Crippen LogP contribution in [-0.4, -0.2) is 16.4 Å². The van der Waals surface area contributed by atoms with Crippen molar-refractivity contribution >= 4 is 0 Å². The average Bonchev–Trinajstić information content (AvgIpc) is 2.63. The van der Waals surface area contributed by atoms with Crippen molar-refractivity contribution in [2.24, 2.45) is 5.92 Å². The van der Waals surface area contributed by atoms with Crippen molar-refractivity contribution in [3.8, 4) is 5.75 Å². The minimum absolute atomic E-state index is 0.399. The van der Waals surface area contributed by atoms with E-state index < -0.39 is 0 Å². The second kappa shape index (κ2) is 5.79. The summed E-state index contributed by atoms with van der Waals surface area (Å²) in [6.07, 6.45) is 6.19. The third-order valence-electron chi connectivity index (χ3n) is 2.42. The molecule has 1 aromatic heterocycles. The van der Waals surface area contributed by atoms with Crippen LogP contribution in [0.2, 0.25) is 0 Å². The fourth-order valence-electron chi connectivity index (χ4n) is 1.49. The van der Waals surface area contributed by atoms with Gasteiger partial charge in [0.1, 0.15) is 0 Å². The molecule has 0 radical (unpaired) electrons. The quantitative estimate of drug-likeness (QED) is 0.720. The predicted octanol–water partition coefficient (Wildman–Crippen LogP) is 3.28. The Labute approximate surface area is 92.4 Å². The normalized spacial score (nSPS) is 13.1. The standard InChI is InChI=1S/C12H22N2O/c1-5-6-11(4)9-15-12-7-13-14(8-12)10(2)3/h7-8,10-11H,5-6,9H2,1-4H3. The van der Waals surface area contributed by atoms with E-state index in [-0.39, 0.29) is 0 Å². The molecule has 15 heavy (non-hydrogen) atoms. The lowest BCUT2D eigenvalue weighted by atomic mass is 10.1. The van der Waals surface area contributed by atoms with Gasteiger partial charge in [-0.05, 0) is 26.2 Å². The van der Waals surface area contributed by atoms with Crippen molar-refractivity contribution in [1.29, 1.82) is 0 Å². The van der Waals surface area contributed by atoms with Crippen LogP contribution in [0, 0.1) is 5.92 Å². The number of ether oxygens (including phenoxy) is 1. The van der Waals surface area contributed by atoms with E-state index in [2.05, 4.69) is 32.8 Å². The molecule has 1 unspecified atom stereocenters. The number of aromatic nitrogens is 2. The highest BCUT2D eigenvalue weighted by Gasteiger charge is 2.05. The Morgan fingerprint density at radius 1 is 1.40 bits per heavy atom. The van der Waals surface area contributed by atoms with Gasteiger partial charge in [-0.3, -0.25) is 4.68 Å². The molecule has 0 spiro atoms. The van der Waals surface area contributed by atoms with Crippen LogP contribution >= 0.6 is 0 Å². The van der Waals surface area contributed by atoms with Gasteiger partial charge in [-0.15, -0.1) is 0 Å². The summed E-state index contributed by atoms with van der Waals surface area (Å²) in [6, 6.07) is 0.399. The Hall–Kier alpha value is -0.990. The minimum atomic E-state index is 0.399. The first-order chi connectivity index (χ1) is 7.13. The zero-order valence-corrected chi connectivity index (χ0v) is 10.2. The molecule has 0 saturated heterocycles. The van der Waals surface area contributed by atoms with Crippen molar-refractivity contribution in [3.63, 3.8) is 0 Å². The number of hydrogen-bond donors (Lipinski definition) is 0. The fourth-order valence-corrected chi connectivity index (χ4v) is 1.49. The van der Waals surface area contributed by atoms with Crippen molar-refractivity contribution in [3.05, 3.63) is 12.4 Å². The zero-order chi connectivity index (χ0) is 11.3. The average molecular weight is 210 g/mol. The van der Waals surface area contributed by atoms with E-state index >= 15 is 0 Å². The number of nitrogens with zero attached hydrogens (tertiary/aromatic N) is 2. The Morgan fingerprint density at radius 3 is 2.67 bits per heavy atom. The summed E-state index contributed by atoms with van der Waals surface area (Å²) in [5.41, 5.74) is 0. The van der Waals surface area contributed by atoms with Crippen LogP contribution in [-0.2, 0) is 0 Å². The molecule has 0 aromatic carbocycles. The Kier molecular flexibility index (Phi) is 4.66. The van der Waals surface area contributed by atoms with Crippen LogP contribution in [0.3, 0.4) is 0 Å². The molecule has 3 heteroatoms. The summed E-state index contributed by atoms with van der Waals surface area (Å²) >= 11 is 0. The van der Waals surface area contributed by atoms with E-state index in [1.165, 1.54) is 12.8 Å². The first kappa shape index (κ1) is 12.1. The van der Waals surface area contributed by atoms with E-state index in [0.717, 1.165) is 12.4 Å². The maximum Gasteiger partial charge on any atom is 0.157 e. The molecular weight excluding hydrogens is 188 g/mol. The maximum atomic E-state index is 5.67. The predicted molar refractivity (Wildman–Crippen MR) is 62.2 cm³/mol. The van der Waals surface area contributed by atoms with Gasteiger partial charge in [-0.25, -0.2) is 0 Å². The van der Waals surface area contributed by atoms with Crippen molar-refractivity contribution in [1.82, 2.24) is 9.78 Å². The largest absolute Gasteiger partial charge is 0.490 e. The fraction of sp³-hybridized carbons (Fsp3) is 0.750. The van der Waals surface area contributed by atoms with Gasteiger partial charge in [0.15, 0.2) is 5.75 Å². The molecule has 1 atom stereocenters. The van der Waals surface area contributed by atoms with Crippen LogP contribution in [0.4, 0.5) is 0 Å². The van der Waals surface area contributed by atoms with E-state index in [1.807, 2.05) is 10.9 Å². The van der Waals surface area contributed by atoms with E-state index in [9.17, 15) is 0 Å². The molecule has 3 nitrogen and oxygen atoms in total. The summed E-state index contributed by atoms with van der Waals surface area (Å²) in [6.45, 7) is 9.42. The summed E-state index contributed by atoms with van der Waals surface area (Å²) in [4.78, 5) is 0. The monoisotopic (exact) mass is 210 g/mol. The molecule has 0 aliphatic carbocycles. The molecule has 0 fully saturated rings. The summed E-state index contributed by atoms with van der Waals surface area (Å²) in [5, 5.41) is 4.23. The van der Waals surface area contributed by atoms with Gasteiger partial charge in [0, 0.05) is 6.04 Å². The highest BCUT2D eigenvalue weighted by molar-refractivity contribution is 5.11. The van der Waals surface area contributed by atoms with Crippen LogP contribution < -0.4 is 4.74 Å². The lowest BCUT2D eigenvalue weighted by Gasteiger charge is -2.10. The minimum Gasteiger partial charge on any atom is -0.490 e. The van der Waals surface area contributed by atoms with Crippen LogP contribution in [0.5, 0.6) is 5.75 Å². The summed E-state index contributed by atoms with van der Waals surface area (Å²) < 4.78 is 7.58. The molecule has 0 N–H and O–H groups in total. The second-order valence-electron chi connectivity index (χ2n) is 4.45. The van der Waals surface area contributed by atoms with Crippen molar-refractivity contribution in [2.75, 3.05) is 6.61 Å². The van der Waals surface area contributed by atoms with Crippen molar-refractivity contribution in [2.45, 2.75) is 46.6 Å². The number of rotatable bonds is 6. The third-order valence-corrected chi connectivity index (χ3v) is 2.42. The molecule has 0 amide bonds. The zero-order valence-electron chi connectivity index (χ0n) is 10.2. The van der Waals surface area contributed by atoms with Crippen LogP contribution in [0.25, 0.3) is 0 Å². The molecule has 0 saturated carbocycles. The van der Waals surface area contributed by atoms with E-state index in [0.29, 0.717) is 12.0 Å².